The molecule has 0 bridgehead atoms. The van der Waals surface area contributed by atoms with Crippen LogP contribution in [0.5, 0.6) is 5.75 Å². The van der Waals surface area contributed by atoms with Gasteiger partial charge in [0, 0.05) is 12.7 Å². The van der Waals surface area contributed by atoms with E-state index in [9.17, 15) is 14.3 Å². The van der Waals surface area contributed by atoms with Crippen molar-refractivity contribution in [3.63, 3.8) is 0 Å². The van der Waals surface area contributed by atoms with Gasteiger partial charge in [-0.3, -0.25) is 4.79 Å². The number of rotatable bonds is 4. The Labute approximate surface area is 151 Å². The number of ether oxygens (including phenoxy) is 1. The van der Waals surface area contributed by atoms with Crippen LogP contribution in [0.15, 0.2) is 30.5 Å². The number of carbonyl (C=O) groups is 1. The van der Waals surface area contributed by atoms with Crippen LogP contribution in [0, 0.1) is 19.7 Å². The molecule has 1 unspecified atom stereocenters. The van der Waals surface area contributed by atoms with Crippen molar-refractivity contribution in [2.45, 2.75) is 32.3 Å². The van der Waals surface area contributed by atoms with Crippen molar-refractivity contribution < 1.29 is 19.0 Å². The van der Waals surface area contributed by atoms with E-state index in [1.54, 1.807) is 18.7 Å². The van der Waals surface area contributed by atoms with Gasteiger partial charge in [-0.1, -0.05) is 0 Å². The van der Waals surface area contributed by atoms with Crippen molar-refractivity contribution in [1.29, 1.82) is 0 Å². The molecule has 1 aromatic heterocycles. The largest absolute Gasteiger partial charge is 0.491 e. The van der Waals surface area contributed by atoms with Crippen LogP contribution in [0.1, 0.15) is 34.7 Å². The van der Waals surface area contributed by atoms with E-state index in [1.807, 2.05) is 0 Å². The Hall–Kier alpha value is -2.54. The van der Waals surface area contributed by atoms with Crippen LogP contribution >= 0.6 is 0 Å². The van der Waals surface area contributed by atoms with E-state index in [0.29, 0.717) is 42.2 Å². The van der Waals surface area contributed by atoms with E-state index in [-0.39, 0.29) is 24.9 Å². The number of hydrogen-bond acceptors (Lipinski definition) is 5. The minimum Gasteiger partial charge on any atom is -0.491 e. The average molecular weight is 359 g/mol. The number of amides is 1. The Bertz CT molecular complexity index is 797. The second-order valence-corrected chi connectivity index (χ2v) is 6.71. The second-order valence-electron chi connectivity index (χ2n) is 6.71. The molecule has 1 amide bonds. The number of aliphatic hydroxyl groups is 1. The molecule has 2 aromatic rings. The maximum Gasteiger partial charge on any atom is 0.257 e. The van der Waals surface area contributed by atoms with Crippen LogP contribution < -0.4 is 4.74 Å². The smallest absolute Gasteiger partial charge is 0.257 e. The molecule has 138 valence electrons. The maximum atomic E-state index is 13.0. The summed E-state index contributed by atoms with van der Waals surface area (Å²) in [6.45, 7) is 4.31. The second kappa shape index (κ2) is 7.37. The minimum atomic E-state index is -1.15. The van der Waals surface area contributed by atoms with Gasteiger partial charge in [0.2, 0.25) is 0 Å². The molecule has 26 heavy (non-hydrogen) atoms. The Kier molecular flexibility index (Phi) is 5.18. The fraction of sp³-hybridized carbons (Fsp3) is 0.421. The molecule has 1 atom stereocenters. The molecule has 0 radical (unpaired) electrons. The third kappa shape index (κ3) is 4.16. The average Bonchev–Trinajstić information content (AvgIpc) is 2.61. The third-order valence-corrected chi connectivity index (χ3v) is 4.49. The predicted octanol–water partition coefficient (Wildman–Crippen LogP) is 2.28. The molecule has 3 rings (SSSR count). The lowest BCUT2D eigenvalue weighted by Crippen LogP contribution is -2.53. The highest BCUT2D eigenvalue weighted by molar-refractivity contribution is 5.95. The number of β-amino-alcohol motifs (C(OH)–C–C–N with tert-alkyl or cyclic N) is 1. The first-order valence-electron chi connectivity index (χ1n) is 8.57. The Morgan fingerprint density at radius 3 is 2.77 bits per heavy atom. The van der Waals surface area contributed by atoms with E-state index >= 15 is 0 Å². The Balaban J connectivity index is 1.67. The zero-order valence-electron chi connectivity index (χ0n) is 14.9. The third-order valence-electron chi connectivity index (χ3n) is 4.49. The summed E-state index contributed by atoms with van der Waals surface area (Å²) < 4.78 is 18.6. The normalized spacial score (nSPS) is 20.1. The molecule has 0 saturated carbocycles. The monoisotopic (exact) mass is 359 g/mol. The number of aryl methyl sites for hydroxylation is 2. The first kappa shape index (κ1) is 18.3. The highest BCUT2D eigenvalue weighted by Crippen LogP contribution is 2.24. The summed E-state index contributed by atoms with van der Waals surface area (Å²) in [5.41, 5.74) is -0.0830. The van der Waals surface area contributed by atoms with Crippen molar-refractivity contribution in [2.24, 2.45) is 0 Å². The number of hydrogen-bond donors (Lipinski definition) is 1. The number of piperidine rings is 1. The number of nitrogens with zero attached hydrogens (tertiary/aromatic N) is 3. The standard InChI is InChI=1S/C19H22FN3O3/c1-13-17(10-21-14(2)22-13)18(24)23-9-3-8-19(25,11-23)12-26-16-6-4-15(20)5-7-16/h4-7,10,25H,3,8-9,11-12H2,1-2H3. The molecule has 1 aliphatic rings. The Morgan fingerprint density at radius 1 is 1.35 bits per heavy atom. The molecule has 7 heteroatoms. The molecule has 0 aliphatic carbocycles. The fourth-order valence-corrected chi connectivity index (χ4v) is 3.12. The van der Waals surface area contributed by atoms with Crippen molar-refractivity contribution in [2.75, 3.05) is 19.7 Å². The first-order chi connectivity index (χ1) is 12.4. The number of likely N-dealkylation sites (tertiary alicyclic amines) is 1. The summed E-state index contributed by atoms with van der Waals surface area (Å²) in [5, 5.41) is 10.8. The van der Waals surface area contributed by atoms with Gasteiger partial charge in [0.05, 0.1) is 17.8 Å². The van der Waals surface area contributed by atoms with E-state index in [0.717, 1.165) is 0 Å². The van der Waals surface area contributed by atoms with Crippen molar-refractivity contribution in [3.8, 4) is 5.75 Å². The van der Waals surface area contributed by atoms with E-state index in [2.05, 4.69) is 9.97 Å². The highest BCUT2D eigenvalue weighted by Gasteiger charge is 2.36. The van der Waals surface area contributed by atoms with E-state index in [4.69, 9.17) is 4.74 Å². The minimum absolute atomic E-state index is 0.0335. The molecule has 1 aliphatic heterocycles. The summed E-state index contributed by atoms with van der Waals surface area (Å²) >= 11 is 0. The van der Waals surface area contributed by atoms with E-state index < -0.39 is 5.60 Å². The van der Waals surface area contributed by atoms with Crippen LogP contribution in [0.2, 0.25) is 0 Å². The van der Waals surface area contributed by atoms with Crippen LogP contribution in [0.3, 0.4) is 0 Å². The van der Waals surface area contributed by atoms with Gasteiger partial charge < -0.3 is 14.7 Å². The zero-order valence-corrected chi connectivity index (χ0v) is 14.9. The van der Waals surface area contributed by atoms with Crippen LogP contribution in [0.25, 0.3) is 0 Å². The molecule has 1 saturated heterocycles. The maximum absolute atomic E-state index is 13.0. The lowest BCUT2D eigenvalue weighted by molar-refractivity contribution is -0.0532. The lowest BCUT2D eigenvalue weighted by atomic mass is 9.93. The van der Waals surface area contributed by atoms with Gasteiger partial charge in [-0.2, -0.15) is 0 Å². The van der Waals surface area contributed by atoms with Crippen molar-refractivity contribution >= 4 is 5.91 Å². The summed E-state index contributed by atoms with van der Waals surface area (Å²) in [5.74, 6) is 0.552. The van der Waals surface area contributed by atoms with Gasteiger partial charge >= 0.3 is 0 Å². The van der Waals surface area contributed by atoms with Crippen molar-refractivity contribution in [1.82, 2.24) is 14.9 Å². The molecule has 2 heterocycles. The molecule has 1 aromatic carbocycles. The van der Waals surface area contributed by atoms with Gasteiger partial charge in [0.25, 0.3) is 5.91 Å². The number of halogens is 1. The summed E-state index contributed by atoms with van der Waals surface area (Å²) in [4.78, 5) is 22.7. The molecule has 1 fully saturated rings. The fourth-order valence-electron chi connectivity index (χ4n) is 3.12. The number of carbonyl (C=O) groups excluding carboxylic acids is 1. The van der Waals surface area contributed by atoms with Gasteiger partial charge in [-0.25, -0.2) is 14.4 Å². The topological polar surface area (TPSA) is 75.6 Å². The predicted molar refractivity (Wildman–Crippen MR) is 93.5 cm³/mol. The molecule has 1 N–H and O–H groups in total. The van der Waals surface area contributed by atoms with Crippen LogP contribution in [-0.4, -0.2) is 51.2 Å². The molecular formula is C19H22FN3O3. The Morgan fingerprint density at radius 2 is 2.08 bits per heavy atom. The molecule has 6 nitrogen and oxygen atoms in total. The molecular weight excluding hydrogens is 337 g/mol. The van der Waals surface area contributed by atoms with Crippen LogP contribution in [0.4, 0.5) is 4.39 Å². The van der Waals surface area contributed by atoms with Gasteiger partial charge in [-0.15, -0.1) is 0 Å². The molecule has 0 spiro atoms. The van der Waals surface area contributed by atoms with Crippen LogP contribution in [-0.2, 0) is 0 Å². The number of aromatic nitrogens is 2. The van der Waals surface area contributed by atoms with E-state index in [1.165, 1.54) is 30.5 Å². The SMILES string of the molecule is Cc1ncc(C(=O)N2CCCC(O)(COc3ccc(F)cc3)C2)c(C)n1. The summed E-state index contributed by atoms with van der Waals surface area (Å²) in [7, 11) is 0. The lowest BCUT2D eigenvalue weighted by Gasteiger charge is -2.39. The first-order valence-corrected chi connectivity index (χ1v) is 8.57. The van der Waals surface area contributed by atoms with Gasteiger partial charge in [-0.05, 0) is 51.0 Å². The van der Waals surface area contributed by atoms with Gasteiger partial charge in [0.1, 0.15) is 29.6 Å². The van der Waals surface area contributed by atoms with Gasteiger partial charge in [0.15, 0.2) is 0 Å². The summed E-state index contributed by atoms with van der Waals surface area (Å²) in [6, 6.07) is 5.63. The zero-order chi connectivity index (χ0) is 18.7. The van der Waals surface area contributed by atoms with Crippen molar-refractivity contribution in [3.05, 3.63) is 53.4 Å². The quantitative estimate of drug-likeness (QED) is 0.906. The summed E-state index contributed by atoms with van der Waals surface area (Å²) in [6.07, 6.45) is 2.73. The highest BCUT2D eigenvalue weighted by atomic mass is 19.1. The number of benzene rings is 1.